The van der Waals surface area contributed by atoms with Crippen LogP contribution in [0.1, 0.15) is 94.6 Å². The maximum absolute atomic E-state index is 13.7. The Morgan fingerprint density at radius 3 is 2.45 bits per heavy atom. The van der Waals surface area contributed by atoms with E-state index in [-0.39, 0.29) is 35.6 Å². The van der Waals surface area contributed by atoms with Crippen LogP contribution >= 0.6 is 11.3 Å². The molecule has 74 heavy (non-hydrogen) atoms. The molecule has 0 bridgehead atoms. The zero-order valence-corrected chi connectivity index (χ0v) is 42.8. The standard InChI is InChI=1S/C57H61N9O7S/c1-34(31-64-26-28-65(29-27-64)37-14-19-43-47(30-37)63(3)62-52(43)44-21-23-51(67)60-55(44)69)33-72-38-15-17-39(18-16-38)73-48-12-7-9-40(35(48)2)41-20-22-50(59-53(41)56(70)71)66-25-24-36-8-6-10-42(45(36)32-66)54(68)61-57-58-46-11-4-5-13-49(46)74-57/h4-14,19-20,22,30,34,38-39,44H,15-18,21,23-29,31-33H2,1-3H3,(H,70,71)(H,58,61,68)(H,60,67,69)/t34-,38?,39?,44?/m1/s1. The van der Waals surface area contributed by atoms with Gasteiger partial charge >= 0.3 is 5.97 Å². The van der Waals surface area contributed by atoms with E-state index >= 15 is 0 Å². The molecule has 3 N–H and O–H groups in total. The lowest BCUT2D eigenvalue weighted by Gasteiger charge is -2.37. The molecule has 4 aromatic carbocycles. The number of piperazine rings is 1. The first kappa shape index (κ1) is 49.0. The van der Waals surface area contributed by atoms with Gasteiger partial charge in [-0.3, -0.25) is 34.6 Å². The Morgan fingerprint density at radius 2 is 1.65 bits per heavy atom. The van der Waals surface area contributed by atoms with Crippen molar-refractivity contribution in [3.05, 3.63) is 125 Å². The SMILES string of the molecule is Cc1c(OC2CCC(OC[C@H](C)CN3CCN(c4ccc5c(C6CCC(=O)NC6=O)nn(C)c5c4)CC3)CC2)cccc1-c1ccc(N2CCc3cccc(C(=O)Nc4nc5ccccc5s4)c3C2)nc1C(=O)O. The number of ether oxygens (including phenoxy) is 2. The Kier molecular flexibility index (Phi) is 13.9. The molecule has 1 unspecified atom stereocenters. The summed E-state index contributed by atoms with van der Waals surface area (Å²) in [5.74, 6) is -0.593. The number of anilines is 3. The molecule has 6 heterocycles. The number of nitrogens with one attached hydrogen (secondary N) is 2. The monoisotopic (exact) mass is 1020 g/mol. The topological polar surface area (TPSA) is 184 Å². The fraction of sp³-hybridized carbons (Fsp3) is 0.386. The van der Waals surface area contributed by atoms with Gasteiger partial charge in [0.25, 0.3) is 5.91 Å². The number of fused-ring (bicyclic) bond motifs is 3. The maximum atomic E-state index is 13.7. The van der Waals surface area contributed by atoms with Gasteiger partial charge in [0.2, 0.25) is 11.8 Å². The normalized spacial score (nSPS) is 19.9. The second-order valence-corrected chi connectivity index (χ2v) is 21.3. The summed E-state index contributed by atoms with van der Waals surface area (Å²) in [6, 6.07) is 29.4. The van der Waals surface area contributed by atoms with Crippen molar-refractivity contribution in [3.8, 4) is 16.9 Å². The number of aromatic nitrogens is 4. The van der Waals surface area contributed by atoms with Gasteiger partial charge < -0.3 is 24.4 Å². The molecule has 4 aliphatic rings. The van der Waals surface area contributed by atoms with E-state index in [1.54, 1.807) is 0 Å². The van der Waals surface area contributed by atoms with Crippen LogP contribution in [0.15, 0.2) is 91.0 Å². The summed E-state index contributed by atoms with van der Waals surface area (Å²) in [6.45, 7) is 10.7. The number of carbonyl (C=O) groups excluding carboxylic acids is 3. The van der Waals surface area contributed by atoms with E-state index < -0.39 is 11.9 Å². The molecular weight excluding hydrogens is 955 g/mol. The van der Waals surface area contributed by atoms with Gasteiger partial charge in [0.05, 0.1) is 46.2 Å². The minimum atomic E-state index is -1.11. The number of carbonyl (C=O) groups is 4. The molecule has 17 heteroatoms. The fourth-order valence-corrected chi connectivity index (χ4v) is 12.1. The first-order chi connectivity index (χ1) is 35.9. The lowest BCUT2D eigenvalue weighted by molar-refractivity contribution is -0.134. The van der Waals surface area contributed by atoms with Crippen molar-refractivity contribution in [1.29, 1.82) is 0 Å². The highest BCUT2D eigenvalue weighted by Gasteiger charge is 2.33. The lowest BCUT2D eigenvalue weighted by atomic mass is 9.93. The highest BCUT2D eigenvalue weighted by molar-refractivity contribution is 7.22. The van der Waals surface area contributed by atoms with Gasteiger partial charge in [-0.2, -0.15) is 5.10 Å². The van der Waals surface area contributed by atoms with Gasteiger partial charge in [-0.1, -0.05) is 54.7 Å². The molecule has 11 rings (SSSR count). The molecule has 0 spiro atoms. The van der Waals surface area contributed by atoms with E-state index in [0.717, 1.165) is 119 Å². The summed E-state index contributed by atoms with van der Waals surface area (Å²) in [5.41, 5.74) is 8.35. The number of piperidine rings is 1. The van der Waals surface area contributed by atoms with E-state index in [4.69, 9.17) is 19.6 Å². The van der Waals surface area contributed by atoms with Gasteiger partial charge in [-0.05, 0) is 128 Å². The summed E-state index contributed by atoms with van der Waals surface area (Å²) < 4.78 is 16.0. The van der Waals surface area contributed by atoms with Crippen LogP contribution in [0.2, 0.25) is 0 Å². The average molecular weight is 1020 g/mol. The Hall–Kier alpha value is -7.21. The number of hydrogen-bond acceptors (Lipinski definition) is 13. The van der Waals surface area contributed by atoms with E-state index in [1.807, 2.05) is 96.3 Å². The Morgan fingerprint density at radius 1 is 0.851 bits per heavy atom. The summed E-state index contributed by atoms with van der Waals surface area (Å²) >= 11 is 1.43. The van der Waals surface area contributed by atoms with Crippen LogP contribution in [0, 0.1) is 12.8 Å². The molecule has 1 aliphatic carbocycles. The van der Waals surface area contributed by atoms with E-state index in [2.05, 4.69) is 50.5 Å². The Balaban J connectivity index is 0.657. The van der Waals surface area contributed by atoms with Crippen LogP contribution in [0.3, 0.4) is 0 Å². The van der Waals surface area contributed by atoms with Crippen molar-refractivity contribution >= 4 is 72.8 Å². The smallest absolute Gasteiger partial charge is 0.355 e. The lowest BCUT2D eigenvalue weighted by Crippen LogP contribution is -2.48. The van der Waals surface area contributed by atoms with Crippen LogP contribution < -0.4 is 25.2 Å². The number of rotatable bonds is 14. The first-order valence-corrected chi connectivity index (χ1v) is 26.7. The van der Waals surface area contributed by atoms with E-state index in [9.17, 15) is 24.3 Å². The number of amides is 3. The molecular formula is C57H61N9O7S. The number of benzene rings is 4. The van der Waals surface area contributed by atoms with Gasteiger partial charge in [0.1, 0.15) is 11.6 Å². The first-order valence-electron chi connectivity index (χ1n) is 25.8. The number of para-hydroxylation sites is 1. The van der Waals surface area contributed by atoms with Crippen molar-refractivity contribution < 1.29 is 33.8 Å². The molecule has 3 amide bonds. The number of aryl methyl sites for hydroxylation is 1. The van der Waals surface area contributed by atoms with Crippen molar-refractivity contribution in [2.45, 2.75) is 83.5 Å². The molecule has 3 aliphatic heterocycles. The van der Waals surface area contributed by atoms with E-state index in [1.165, 1.54) is 11.3 Å². The molecule has 3 fully saturated rings. The van der Waals surface area contributed by atoms with Crippen LogP contribution in [0.4, 0.5) is 16.6 Å². The number of thiazole rings is 1. The Labute approximate surface area is 433 Å². The van der Waals surface area contributed by atoms with Crippen molar-refractivity contribution in [2.75, 3.05) is 61.0 Å². The molecule has 3 aromatic heterocycles. The molecule has 382 valence electrons. The second-order valence-electron chi connectivity index (χ2n) is 20.3. The molecule has 2 saturated heterocycles. The third kappa shape index (κ3) is 10.2. The van der Waals surface area contributed by atoms with Gasteiger partial charge in [-0.15, -0.1) is 0 Å². The zero-order chi connectivity index (χ0) is 51.0. The van der Waals surface area contributed by atoms with Crippen molar-refractivity contribution in [3.63, 3.8) is 0 Å². The average Bonchev–Trinajstić information content (AvgIpc) is 3.97. The Bertz CT molecular complexity index is 3250. The van der Waals surface area contributed by atoms with Crippen LogP contribution in [0.5, 0.6) is 5.75 Å². The quantitative estimate of drug-likeness (QED) is 0.0880. The van der Waals surface area contributed by atoms with Gasteiger partial charge in [0.15, 0.2) is 10.8 Å². The number of aromatic carboxylic acids is 1. The number of imide groups is 1. The third-order valence-corrected chi connectivity index (χ3v) is 16.2. The molecule has 2 atom stereocenters. The highest BCUT2D eigenvalue weighted by Crippen LogP contribution is 2.37. The summed E-state index contributed by atoms with van der Waals surface area (Å²) in [5, 5.41) is 22.2. The number of carboxylic acids is 1. The van der Waals surface area contributed by atoms with Crippen molar-refractivity contribution in [2.24, 2.45) is 13.0 Å². The predicted octanol–water partition coefficient (Wildman–Crippen LogP) is 8.75. The molecule has 0 radical (unpaired) electrons. The number of hydrogen-bond donors (Lipinski definition) is 3. The van der Waals surface area contributed by atoms with Gasteiger partial charge in [-0.25, -0.2) is 14.8 Å². The van der Waals surface area contributed by atoms with Crippen molar-refractivity contribution in [1.82, 2.24) is 30.0 Å². The summed E-state index contributed by atoms with van der Waals surface area (Å²) in [6.07, 6.45) is 5.26. The molecule has 1 saturated carbocycles. The highest BCUT2D eigenvalue weighted by atomic mass is 32.1. The number of nitrogens with zero attached hydrogens (tertiary/aromatic N) is 7. The van der Waals surface area contributed by atoms with E-state index in [0.29, 0.717) is 67.0 Å². The fourth-order valence-electron chi connectivity index (χ4n) is 11.3. The third-order valence-electron chi connectivity index (χ3n) is 15.3. The minimum Gasteiger partial charge on any atom is -0.490 e. The minimum absolute atomic E-state index is 0.0260. The summed E-state index contributed by atoms with van der Waals surface area (Å²) in [7, 11) is 1.91. The second kappa shape index (κ2) is 21.0. The summed E-state index contributed by atoms with van der Waals surface area (Å²) in [4.78, 5) is 67.2. The number of pyridine rings is 1. The van der Waals surface area contributed by atoms with Crippen LogP contribution in [-0.4, -0.2) is 112 Å². The largest absolute Gasteiger partial charge is 0.490 e. The van der Waals surface area contributed by atoms with Crippen LogP contribution in [0.25, 0.3) is 32.2 Å². The molecule has 16 nitrogen and oxygen atoms in total. The predicted molar refractivity (Wildman–Crippen MR) is 286 cm³/mol. The maximum Gasteiger partial charge on any atom is 0.355 e. The van der Waals surface area contributed by atoms with Crippen LogP contribution in [-0.2, 0) is 34.3 Å². The zero-order valence-electron chi connectivity index (χ0n) is 42.0. The van der Waals surface area contributed by atoms with Gasteiger partial charge in [0, 0.05) is 81.5 Å². The molecule has 7 aromatic rings. The number of carboxylic acid groups (broad SMARTS) is 1.